The number of hydrogen-bond acceptors (Lipinski definition) is 5. The molecule has 0 unspecified atom stereocenters. The first-order chi connectivity index (χ1) is 9.82. The lowest BCUT2D eigenvalue weighted by Crippen LogP contribution is -2.31. The normalized spacial score (nSPS) is 10.2. The Morgan fingerprint density at radius 2 is 2.05 bits per heavy atom. The summed E-state index contributed by atoms with van der Waals surface area (Å²) in [6, 6.07) is 4.00. The number of benzene rings is 1. The minimum absolute atomic E-state index is 0.0159. The molecule has 8 nitrogen and oxygen atoms in total. The number of aromatic carboxylic acids is 1. The Kier molecular flexibility index (Phi) is 5.65. The molecule has 0 aliphatic carbocycles. The number of hydrogen-bond donors (Lipinski definition) is 3. The largest absolute Gasteiger partial charge is 0.477 e. The third-order valence-electron chi connectivity index (χ3n) is 2.57. The number of amides is 1. The molecule has 114 valence electrons. The van der Waals surface area contributed by atoms with Gasteiger partial charge in [-0.1, -0.05) is 6.07 Å². The second kappa shape index (κ2) is 7.22. The van der Waals surface area contributed by atoms with E-state index in [4.69, 9.17) is 5.11 Å². The van der Waals surface area contributed by atoms with E-state index >= 15 is 0 Å². The van der Waals surface area contributed by atoms with Crippen molar-refractivity contribution in [1.29, 1.82) is 0 Å². The predicted molar refractivity (Wildman–Crippen MR) is 76.4 cm³/mol. The predicted octanol–water partition coefficient (Wildman–Crippen LogP) is 1.62. The van der Waals surface area contributed by atoms with Crippen LogP contribution in [-0.4, -0.2) is 34.5 Å². The molecule has 0 aliphatic rings. The monoisotopic (exact) mass is 295 g/mol. The molecule has 1 aromatic carbocycles. The second-order valence-corrected chi connectivity index (χ2v) is 4.66. The summed E-state index contributed by atoms with van der Waals surface area (Å²) in [7, 11) is 0. The van der Waals surface area contributed by atoms with Crippen LogP contribution in [0, 0.1) is 10.1 Å². The molecule has 1 amide bonds. The maximum atomic E-state index is 11.5. The maximum Gasteiger partial charge on any atom is 0.342 e. The summed E-state index contributed by atoms with van der Waals surface area (Å²) < 4.78 is 0. The van der Waals surface area contributed by atoms with E-state index in [0.717, 1.165) is 6.07 Å². The molecule has 1 rings (SSSR count). The lowest BCUT2D eigenvalue weighted by molar-refractivity contribution is -0.384. The topological polar surface area (TPSA) is 122 Å². The van der Waals surface area contributed by atoms with Gasteiger partial charge >= 0.3 is 11.7 Å². The van der Waals surface area contributed by atoms with Crippen molar-refractivity contribution in [2.45, 2.75) is 26.3 Å². The van der Waals surface area contributed by atoms with Crippen molar-refractivity contribution < 1.29 is 19.6 Å². The quantitative estimate of drug-likeness (QED) is 0.519. The first-order valence-corrected chi connectivity index (χ1v) is 6.37. The van der Waals surface area contributed by atoms with E-state index in [0.29, 0.717) is 0 Å². The summed E-state index contributed by atoms with van der Waals surface area (Å²) >= 11 is 0. The average molecular weight is 295 g/mol. The van der Waals surface area contributed by atoms with E-state index in [-0.39, 0.29) is 30.6 Å². The lowest BCUT2D eigenvalue weighted by Gasteiger charge is -2.10. The Labute approximate surface area is 121 Å². The molecule has 8 heteroatoms. The van der Waals surface area contributed by atoms with Gasteiger partial charge in [-0.15, -0.1) is 0 Å². The van der Waals surface area contributed by atoms with Gasteiger partial charge in [-0.3, -0.25) is 14.9 Å². The molecule has 0 aromatic heterocycles. The van der Waals surface area contributed by atoms with Crippen molar-refractivity contribution in [1.82, 2.24) is 5.32 Å². The van der Waals surface area contributed by atoms with Crippen LogP contribution in [0.4, 0.5) is 11.4 Å². The van der Waals surface area contributed by atoms with Gasteiger partial charge in [0.15, 0.2) is 0 Å². The number of anilines is 1. The van der Waals surface area contributed by atoms with Crippen LogP contribution in [0.15, 0.2) is 18.2 Å². The minimum atomic E-state index is -1.37. The van der Waals surface area contributed by atoms with Crippen LogP contribution < -0.4 is 10.6 Å². The summed E-state index contributed by atoms with van der Waals surface area (Å²) in [6.07, 6.45) is 0.132. The molecule has 0 heterocycles. The number of nitro groups is 1. The van der Waals surface area contributed by atoms with Crippen molar-refractivity contribution in [2.75, 3.05) is 11.9 Å². The average Bonchev–Trinajstić information content (AvgIpc) is 2.37. The summed E-state index contributed by atoms with van der Waals surface area (Å²) in [5, 5.41) is 25.4. The third kappa shape index (κ3) is 4.75. The van der Waals surface area contributed by atoms with Crippen LogP contribution in [0.1, 0.15) is 30.6 Å². The molecule has 0 spiro atoms. The molecular weight excluding hydrogens is 278 g/mol. The molecule has 0 saturated heterocycles. The van der Waals surface area contributed by atoms with Crippen LogP contribution >= 0.6 is 0 Å². The van der Waals surface area contributed by atoms with Crippen LogP contribution in [0.2, 0.25) is 0 Å². The van der Waals surface area contributed by atoms with E-state index in [1.807, 2.05) is 13.8 Å². The van der Waals surface area contributed by atoms with E-state index in [1.165, 1.54) is 12.1 Å². The van der Waals surface area contributed by atoms with E-state index in [9.17, 15) is 19.7 Å². The molecule has 3 N–H and O–H groups in total. The number of para-hydroxylation sites is 1. The maximum absolute atomic E-state index is 11.5. The fourth-order valence-corrected chi connectivity index (χ4v) is 1.76. The second-order valence-electron chi connectivity index (χ2n) is 4.66. The molecule has 0 bridgehead atoms. The van der Waals surface area contributed by atoms with Gasteiger partial charge in [-0.25, -0.2) is 4.79 Å². The molecule has 0 aliphatic heterocycles. The molecule has 0 atom stereocenters. The summed E-state index contributed by atoms with van der Waals surface area (Å²) in [5.41, 5.74) is -0.817. The highest BCUT2D eigenvalue weighted by Gasteiger charge is 2.23. The standard InChI is InChI=1S/C13H17N3O5/c1-8(2)15-11(17)6-7-14-10-5-3-4-9(13(18)19)12(10)16(20)21/h3-5,8,14H,6-7H2,1-2H3,(H,15,17)(H,18,19). The summed E-state index contributed by atoms with van der Waals surface area (Å²) in [4.78, 5) is 32.7. The number of rotatable bonds is 7. The molecular formula is C13H17N3O5. The Morgan fingerprint density at radius 1 is 1.38 bits per heavy atom. The number of carboxylic acid groups (broad SMARTS) is 1. The number of carbonyl (C=O) groups excluding carboxylic acids is 1. The highest BCUT2D eigenvalue weighted by Crippen LogP contribution is 2.28. The number of carbonyl (C=O) groups is 2. The number of nitro benzene ring substituents is 1. The van der Waals surface area contributed by atoms with Crippen molar-refractivity contribution in [3.05, 3.63) is 33.9 Å². The zero-order valence-electron chi connectivity index (χ0n) is 11.8. The van der Waals surface area contributed by atoms with Gasteiger partial charge < -0.3 is 15.7 Å². The van der Waals surface area contributed by atoms with Gasteiger partial charge in [0, 0.05) is 19.0 Å². The lowest BCUT2D eigenvalue weighted by atomic mass is 10.1. The van der Waals surface area contributed by atoms with Gasteiger partial charge in [-0.05, 0) is 26.0 Å². The van der Waals surface area contributed by atoms with Gasteiger partial charge in [0.1, 0.15) is 11.3 Å². The first-order valence-electron chi connectivity index (χ1n) is 6.37. The van der Waals surface area contributed by atoms with Crippen LogP contribution in [-0.2, 0) is 4.79 Å². The van der Waals surface area contributed by atoms with Gasteiger partial charge in [-0.2, -0.15) is 0 Å². The summed E-state index contributed by atoms with van der Waals surface area (Å²) in [5.74, 6) is -1.56. The SMILES string of the molecule is CC(C)NC(=O)CCNc1cccc(C(=O)O)c1[N+](=O)[O-]. The Hall–Kier alpha value is -2.64. The molecule has 0 saturated carbocycles. The third-order valence-corrected chi connectivity index (χ3v) is 2.57. The van der Waals surface area contributed by atoms with Crippen molar-refractivity contribution in [3.8, 4) is 0 Å². The molecule has 1 aromatic rings. The van der Waals surface area contributed by atoms with E-state index in [1.54, 1.807) is 0 Å². The van der Waals surface area contributed by atoms with Crippen LogP contribution in [0.5, 0.6) is 0 Å². The molecule has 0 fully saturated rings. The summed E-state index contributed by atoms with van der Waals surface area (Å²) in [6.45, 7) is 3.82. The van der Waals surface area contributed by atoms with Crippen molar-refractivity contribution in [3.63, 3.8) is 0 Å². The molecule has 21 heavy (non-hydrogen) atoms. The van der Waals surface area contributed by atoms with E-state index in [2.05, 4.69) is 10.6 Å². The van der Waals surface area contributed by atoms with Gasteiger partial charge in [0.05, 0.1) is 4.92 Å². The van der Waals surface area contributed by atoms with Crippen molar-refractivity contribution >= 4 is 23.3 Å². The highest BCUT2D eigenvalue weighted by molar-refractivity contribution is 5.95. The zero-order valence-corrected chi connectivity index (χ0v) is 11.8. The molecule has 0 radical (unpaired) electrons. The fraction of sp³-hybridized carbons (Fsp3) is 0.385. The number of nitrogens with one attached hydrogen (secondary N) is 2. The smallest absolute Gasteiger partial charge is 0.342 e. The number of carboxylic acids is 1. The van der Waals surface area contributed by atoms with Crippen LogP contribution in [0.3, 0.4) is 0 Å². The van der Waals surface area contributed by atoms with Gasteiger partial charge in [0.25, 0.3) is 0 Å². The first kappa shape index (κ1) is 16.4. The number of nitrogens with zero attached hydrogens (tertiary/aromatic N) is 1. The van der Waals surface area contributed by atoms with Gasteiger partial charge in [0.2, 0.25) is 5.91 Å². The van der Waals surface area contributed by atoms with Crippen molar-refractivity contribution in [2.24, 2.45) is 0 Å². The fourth-order valence-electron chi connectivity index (χ4n) is 1.76. The van der Waals surface area contributed by atoms with E-state index < -0.39 is 22.1 Å². The highest BCUT2D eigenvalue weighted by atomic mass is 16.6. The van der Waals surface area contributed by atoms with Crippen LogP contribution in [0.25, 0.3) is 0 Å². The Morgan fingerprint density at radius 3 is 2.57 bits per heavy atom. The Bertz CT molecular complexity index is 557. The minimum Gasteiger partial charge on any atom is -0.477 e. The zero-order chi connectivity index (χ0) is 16.0. The Balaban J connectivity index is 2.80.